The lowest BCUT2D eigenvalue weighted by Gasteiger charge is -2.38. The molecular weight excluding hydrogens is 306 g/mol. The minimum atomic E-state index is -0.856. The Bertz CT molecular complexity index is 769. The van der Waals surface area contributed by atoms with Gasteiger partial charge in [-0.3, -0.25) is 9.59 Å². The molecule has 1 amide bonds. The van der Waals surface area contributed by atoms with E-state index in [2.05, 4.69) is 0 Å². The molecule has 0 aliphatic carbocycles. The second kappa shape index (κ2) is 6.35. The van der Waals surface area contributed by atoms with E-state index in [4.69, 9.17) is 4.74 Å². The number of rotatable bonds is 3. The van der Waals surface area contributed by atoms with Crippen molar-refractivity contribution in [3.8, 4) is 5.75 Å². The third-order valence-electron chi connectivity index (χ3n) is 4.44. The van der Waals surface area contributed by atoms with E-state index < -0.39 is 11.9 Å². The molecule has 0 saturated heterocycles. The Morgan fingerprint density at radius 3 is 2.42 bits per heavy atom. The molecule has 0 bridgehead atoms. The summed E-state index contributed by atoms with van der Waals surface area (Å²) in [6, 6.07) is 14.0. The largest absolute Gasteiger partial charge is 0.497 e. The number of carbonyl (C=O) groups is 2. The number of aliphatic carboxylic acids is 1. The first-order valence-electron chi connectivity index (χ1n) is 7.82. The highest BCUT2D eigenvalue weighted by Crippen LogP contribution is 2.39. The van der Waals surface area contributed by atoms with Gasteiger partial charge in [0.25, 0.3) is 5.91 Å². The molecule has 1 aliphatic heterocycles. The van der Waals surface area contributed by atoms with Gasteiger partial charge < -0.3 is 14.7 Å². The minimum Gasteiger partial charge on any atom is -0.497 e. The maximum absolute atomic E-state index is 13.0. The van der Waals surface area contributed by atoms with E-state index in [-0.39, 0.29) is 11.9 Å². The fourth-order valence-corrected chi connectivity index (χ4v) is 3.23. The SMILES string of the molecule is COc1ccc(C(=O)N2c3ccccc3[C@@H](C(=O)O)C[C@H]2C)cc1. The van der Waals surface area contributed by atoms with Crippen LogP contribution >= 0.6 is 0 Å². The van der Waals surface area contributed by atoms with E-state index >= 15 is 0 Å². The highest BCUT2D eigenvalue weighted by atomic mass is 16.5. The molecule has 2 atom stereocenters. The maximum Gasteiger partial charge on any atom is 0.311 e. The lowest BCUT2D eigenvalue weighted by molar-refractivity contribution is -0.139. The van der Waals surface area contributed by atoms with Gasteiger partial charge in [0, 0.05) is 17.3 Å². The molecule has 0 spiro atoms. The number of carbonyl (C=O) groups excluding carboxylic acids is 1. The summed E-state index contributed by atoms with van der Waals surface area (Å²) in [4.78, 5) is 26.2. The first-order valence-corrected chi connectivity index (χ1v) is 7.82. The summed E-state index contributed by atoms with van der Waals surface area (Å²) in [6.07, 6.45) is 0.397. The third-order valence-corrected chi connectivity index (χ3v) is 4.44. The van der Waals surface area contributed by atoms with Crippen LogP contribution in [0.4, 0.5) is 5.69 Å². The second-order valence-corrected chi connectivity index (χ2v) is 5.94. The fourth-order valence-electron chi connectivity index (χ4n) is 3.23. The summed E-state index contributed by atoms with van der Waals surface area (Å²) >= 11 is 0. The maximum atomic E-state index is 13.0. The number of anilines is 1. The van der Waals surface area contributed by atoms with E-state index in [1.165, 1.54) is 0 Å². The molecule has 0 unspecified atom stereocenters. The highest BCUT2D eigenvalue weighted by Gasteiger charge is 2.37. The molecule has 0 aromatic heterocycles. The summed E-state index contributed by atoms with van der Waals surface area (Å²) < 4.78 is 5.12. The van der Waals surface area contributed by atoms with E-state index in [1.807, 2.05) is 19.1 Å². The van der Waals surface area contributed by atoms with Crippen molar-refractivity contribution in [1.82, 2.24) is 0 Å². The van der Waals surface area contributed by atoms with Crippen molar-refractivity contribution in [3.63, 3.8) is 0 Å². The quantitative estimate of drug-likeness (QED) is 0.940. The number of para-hydroxylation sites is 1. The summed E-state index contributed by atoms with van der Waals surface area (Å²) in [6.45, 7) is 1.88. The van der Waals surface area contributed by atoms with Crippen LogP contribution in [0.2, 0.25) is 0 Å². The number of fused-ring (bicyclic) bond motifs is 1. The molecule has 5 nitrogen and oxygen atoms in total. The molecule has 0 fully saturated rings. The Morgan fingerprint density at radius 1 is 1.12 bits per heavy atom. The zero-order valence-corrected chi connectivity index (χ0v) is 13.6. The Morgan fingerprint density at radius 2 is 1.79 bits per heavy atom. The number of hydrogen-bond acceptors (Lipinski definition) is 3. The molecule has 1 N–H and O–H groups in total. The van der Waals surface area contributed by atoms with Crippen LogP contribution in [0, 0.1) is 0 Å². The van der Waals surface area contributed by atoms with Crippen molar-refractivity contribution in [2.75, 3.05) is 12.0 Å². The van der Waals surface area contributed by atoms with Gasteiger partial charge in [-0.15, -0.1) is 0 Å². The molecule has 0 radical (unpaired) electrons. The molecule has 2 aromatic rings. The van der Waals surface area contributed by atoms with E-state index in [1.54, 1.807) is 48.4 Å². The number of benzene rings is 2. The van der Waals surface area contributed by atoms with Crippen LogP contribution in [-0.2, 0) is 4.79 Å². The zero-order valence-electron chi connectivity index (χ0n) is 13.6. The van der Waals surface area contributed by atoms with Crippen molar-refractivity contribution in [3.05, 3.63) is 59.7 Å². The van der Waals surface area contributed by atoms with E-state index in [9.17, 15) is 14.7 Å². The summed E-state index contributed by atoms with van der Waals surface area (Å²) in [5.74, 6) is -0.895. The van der Waals surface area contributed by atoms with Crippen molar-refractivity contribution < 1.29 is 19.4 Å². The van der Waals surface area contributed by atoms with Crippen LogP contribution in [0.25, 0.3) is 0 Å². The van der Waals surface area contributed by atoms with Gasteiger partial charge in [0.1, 0.15) is 5.75 Å². The molecule has 5 heteroatoms. The Labute approximate surface area is 140 Å². The average molecular weight is 325 g/mol. The molecule has 24 heavy (non-hydrogen) atoms. The van der Waals surface area contributed by atoms with Gasteiger partial charge in [0.05, 0.1) is 13.0 Å². The molecule has 3 rings (SSSR count). The van der Waals surface area contributed by atoms with E-state index in [0.29, 0.717) is 29.0 Å². The molecule has 1 aliphatic rings. The Balaban J connectivity index is 2.01. The van der Waals surface area contributed by atoms with Gasteiger partial charge in [-0.05, 0) is 49.2 Å². The summed E-state index contributed by atoms with van der Waals surface area (Å²) in [5, 5.41) is 9.49. The Kier molecular flexibility index (Phi) is 4.25. The predicted molar refractivity (Wildman–Crippen MR) is 90.7 cm³/mol. The van der Waals surface area contributed by atoms with Crippen LogP contribution in [0.1, 0.15) is 35.2 Å². The van der Waals surface area contributed by atoms with Gasteiger partial charge in [-0.25, -0.2) is 0 Å². The number of carboxylic acids is 1. The van der Waals surface area contributed by atoms with Crippen molar-refractivity contribution >= 4 is 17.6 Å². The smallest absolute Gasteiger partial charge is 0.311 e. The molecule has 0 saturated carbocycles. The molecule has 124 valence electrons. The lowest BCUT2D eigenvalue weighted by Crippen LogP contribution is -2.44. The van der Waals surface area contributed by atoms with Gasteiger partial charge >= 0.3 is 5.97 Å². The molecule has 1 heterocycles. The number of hydrogen-bond donors (Lipinski definition) is 1. The van der Waals surface area contributed by atoms with Crippen LogP contribution in [0.15, 0.2) is 48.5 Å². The predicted octanol–water partition coefficient (Wildman–Crippen LogP) is 3.30. The van der Waals surface area contributed by atoms with Crippen LogP contribution in [-0.4, -0.2) is 30.1 Å². The number of nitrogens with zero attached hydrogens (tertiary/aromatic N) is 1. The van der Waals surface area contributed by atoms with Crippen molar-refractivity contribution in [2.45, 2.75) is 25.3 Å². The van der Waals surface area contributed by atoms with Gasteiger partial charge in [-0.2, -0.15) is 0 Å². The van der Waals surface area contributed by atoms with Gasteiger partial charge in [-0.1, -0.05) is 18.2 Å². The third kappa shape index (κ3) is 2.73. The highest BCUT2D eigenvalue weighted by molar-refractivity contribution is 6.07. The van der Waals surface area contributed by atoms with Gasteiger partial charge in [0.2, 0.25) is 0 Å². The normalized spacial score (nSPS) is 19.5. The topological polar surface area (TPSA) is 66.8 Å². The van der Waals surface area contributed by atoms with Crippen LogP contribution < -0.4 is 9.64 Å². The van der Waals surface area contributed by atoms with Crippen LogP contribution in [0.3, 0.4) is 0 Å². The summed E-state index contributed by atoms with van der Waals surface area (Å²) in [7, 11) is 1.58. The number of amides is 1. The second-order valence-electron chi connectivity index (χ2n) is 5.94. The first-order chi connectivity index (χ1) is 11.5. The van der Waals surface area contributed by atoms with Crippen molar-refractivity contribution in [2.24, 2.45) is 0 Å². The number of carboxylic acid groups (broad SMARTS) is 1. The first kappa shape index (κ1) is 16.1. The monoisotopic (exact) mass is 325 g/mol. The standard InChI is InChI=1S/C19H19NO4/c1-12-11-16(19(22)23)15-5-3-4-6-17(15)20(12)18(21)13-7-9-14(24-2)10-8-13/h3-10,12,16H,11H2,1-2H3,(H,22,23)/t12-,16+/m1/s1. The number of methoxy groups -OCH3 is 1. The minimum absolute atomic E-state index is 0.138. The molecule has 2 aromatic carbocycles. The van der Waals surface area contributed by atoms with E-state index in [0.717, 1.165) is 0 Å². The van der Waals surface area contributed by atoms with Crippen molar-refractivity contribution in [1.29, 1.82) is 0 Å². The average Bonchev–Trinajstić information content (AvgIpc) is 2.60. The van der Waals surface area contributed by atoms with Crippen LogP contribution in [0.5, 0.6) is 5.75 Å². The fraction of sp³-hybridized carbons (Fsp3) is 0.263. The van der Waals surface area contributed by atoms with Gasteiger partial charge in [0.15, 0.2) is 0 Å². The summed E-state index contributed by atoms with van der Waals surface area (Å²) in [5.41, 5.74) is 1.90. The zero-order chi connectivity index (χ0) is 17.3. The molecular formula is C19H19NO4. The lowest BCUT2D eigenvalue weighted by atomic mass is 9.85. The number of ether oxygens (including phenoxy) is 1. The Hall–Kier alpha value is -2.82.